The van der Waals surface area contributed by atoms with Gasteiger partial charge in [0, 0.05) is 21.9 Å². The third-order valence-electron chi connectivity index (χ3n) is 4.75. The van der Waals surface area contributed by atoms with Gasteiger partial charge in [-0.15, -0.1) is 27.8 Å². The van der Waals surface area contributed by atoms with Crippen LogP contribution in [0, 0.1) is 0 Å². The Labute approximate surface area is 163 Å². The molecule has 0 fully saturated rings. The summed E-state index contributed by atoms with van der Waals surface area (Å²) in [4.78, 5) is 18.0. The second kappa shape index (κ2) is 6.71. The molecule has 0 bridgehead atoms. The Balaban J connectivity index is 1.54. The van der Waals surface area contributed by atoms with Crippen molar-refractivity contribution in [2.24, 2.45) is 0 Å². The van der Waals surface area contributed by atoms with E-state index in [9.17, 15) is 4.79 Å². The monoisotopic (exact) mass is 393 g/mol. The maximum absolute atomic E-state index is 13.4. The Morgan fingerprint density at radius 2 is 2.07 bits per heavy atom. The number of rotatable bonds is 3. The number of hydrogen-bond donors (Lipinski definition) is 0. The molecule has 4 aromatic rings. The van der Waals surface area contributed by atoms with E-state index in [0.29, 0.717) is 12.1 Å². The smallest absolute Gasteiger partial charge is 0.254 e. The van der Waals surface area contributed by atoms with Crippen molar-refractivity contribution in [1.29, 1.82) is 0 Å². The fourth-order valence-corrected chi connectivity index (χ4v) is 5.27. The molecule has 0 radical (unpaired) electrons. The number of aromatic nitrogens is 4. The van der Waals surface area contributed by atoms with Crippen LogP contribution in [0.1, 0.15) is 31.7 Å². The van der Waals surface area contributed by atoms with Crippen LogP contribution in [0.5, 0.6) is 0 Å². The molecular weight excluding hydrogens is 378 g/mol. The van der Waals surface area contributed by atoms with Crippen LogP contribution in [0.4, 0.5) is 0 Å². The molecule has 0 saturated heterocycles. The Morgan fingerprint density at radius 1 is 1.11 bits per heavy atom. The fourth-order valence-electron chi connectivity index (χ4n) is 3.52. The number of carbonyl (C=O) groups is 1. The van der Waals surface area contributed by atoms with Gasteiger partial charge in [0.1, 0.15) is 6.33 Å². The summed E-state index contributed by atoms with van der Waals surface area (Å²) >= 11 is 3.47. The van der Waals surface area contributed by atoms with Gasteiger partial charge in [-0.2, -0.15) is 0 Å². The van der Waals surface area contributed by atoms with Crippen LogP contribution >= 0.6 is 22.7 Å². The van der Waals surface area contributed by atoms with Crippen molar-refractivity contribution in [1.82, 2.24) is 25.1 Å². The molecule has 8 heteroatoms. The first-order valence-corrected chi connectivity index (χ1v) is 10.3. The van der Waals surface area contributed by atoms with Crippen LogP contribution in [-0.4, -0.2) is 37.6 Å². The van der Waals surface area contributed by atoms with Gasteiger partial charge in [0.05, 0.1) is 11.7 Å². The van der Waals surface area contributed by atoms with Crippen molar-refractivity contribution in [3.8, 4) is 5.69 Å². The molecule has 1 atom stereocenters. The summed E-state index contributed by atoms with van der Waals surface area (Å²) < 4.78 is 1.56. The lowest BCUT2D eigenvalue weighted by Gasteiger charge is -2.35. The number of thiophene rings is 2. The highest BCUT2D eigenvalue weighted by Crippen LogP contribution is 2.40. The Bertz CT molecular complexity index is 1070. The van der Waals surface area contributed by atoms with Crippen molar-refractivity contribution in [3.05, 3.63) is 80.4 Å². The van der Waals surface area contributed by atoms with E-state index >= 15 is 0 Å². The van der Waals surface area contributed by atoms with E-state index in [1.807, 2.05) is 35.2 Å². The number of hydrogen-bond acceptors (Lipinski definition) is 6. The van der Waals surface area contributed by atoms with Gasteiger partial charge in [0.25, 0.3) is 5.91 Å². The summed E-state index contributed by atoms with van der Waals surface area (Å²) in [6.45, 7) is 0.712. The molecule has 6 nitrogen and oxygen atoms in total. The molecule has 3 aromatic heterocycles. The highest BCUT2D eigenvalue weighted by molar-refractivity contribution is 7.10. The van der Waals surface area contributed by atoms with Crippen LogP contribution in [0.2, 0.25) is 0 Å². The molecular formula is C19H15N5OS2. The van der Waals surface area contributed by atoms with E-state index in [2.05, 4.69) is 38.4 Å². The summed E-state index contributed by atoms with van der Waals surface area (Å²) in [6.07, 6.45) is 2.42. The van der Waals surface area contributed by atoms with E-state index in [1.54, 1.807) is 27.4 Å². The minimum absolute atomic E-state index is 0.0239. The zero-order chi connectivity index (χ0) is 18.2. The molecule has 1 aliphatic rings. The van der Waals surface area contributed by atoms with Gasteiger partial charge in [0.2, 0.25) is 0 Å². The van der Waals surface area contributed by atoms with Gasteiger partial charge in [-0.3, -0.25) is 4.79 Å². The average Bonchev–Trinajstić information content (AvgIpc) is 3.49. The number of amides is 1. The summed E-state index contributed by atoms with van der Waals surface area (Å²) in [6, 6.07) is 13.7. The zero-order valence-electron chi connectivity index (χ0n) is 14.2. The second-order valence-corrected chi connectivity index (χ2v) is 8.25. The third kappa shape index (κ3) is 2.87. The molecule has 1 amide bonds. The van der Waals surface area contributed by atoms with E-state index in [4.69, 9.17) is 0 Å². The molecule has 0 unspecified atom stereocenters. The van der Waals surface area contributed by atoms with E-state index in [-0.39, 0.29) is 11.9 Å². The molecule has 134 valence electrons. The number of nitrogens with zero attached hydrogens (tertiary/aromatic N) is 5. The van der Waals surface area contributed by atoms with Gasteiger partial charge in [-0.1, -0.05) is 12.1 Å². The Kier molecular flexibility index (Phi) is 4.06. The van der Waals surface area contributed by atoms with Gasteiger partial charge < -0.3 is 4.90 Å². The molecule has 1 aliphatic heterocycles. The fraction of sp³-hybridized carbons (Fsp3) is 0.158. The molecule has 1 aromatic carbocycles. The van der Waals surface area contributed by atoms with Crippen LogP contribution in [0.25, 0.3) is 5.69 Å². The first-order chi connectivity index (χ1) is 13.3. The topological polar surface area (TPSA) is 63.9 Å². The molecule has 0 spiro atoms. The van der Waals surface area contributed by atoms with E-state index in [1.165, 1.54) is 21.6 Å². The van der Waals surface area contributed by atoms with E-state index < -0.39 is 0 Å². The van der Waals surface area contributed by atoms with Crippen molar-refractivity contribution in [3.63, 3.8) is 0 Å². The zero-order valence-corrected chi connectivity index (χ0v) is 15.9. The molecule has 5 rings (SSSR count). The minimum atomic E-state index is -0.0239. The Hall–Kier alpha value is -2.84. The van der Waals surface area contributed by atoms with Crippen LogP contribution < -0.4 is 0 Å². The van der Waals surface area contributed by atoms with Crippen LogP contribution in [0.3, 0.4) is 0 Å². The van der Waals surface area contributed by atoms with Gasteiger partial charge >= 0.3 is 0 Å². The Morgan fingerprint density at radius 3 is 2.89 bits per heavy atom. The summed E-state index contributed by atoms with van der Waals surface area (Å²) in [5.74, 6) is 0.0279. The second-order valence-electron chi connectivity index (χ2n) is 6.27. The average molecular weight is 393 g/mol. The number of tetrazole rings is 1. The lowest BCUT2D eigenvalue weighted by atomic mass is 9.97. The maximum Gasteiger partial charge on any atom is 0.254 e. The lowest BCUT2D eigenvalue weighted by molar-refractivity contribution is 0.0698. The summed E-state index contributed by atoms with van der Waals surface area (Å²) in [5, 5.41) is 15.4. The van der Waals surface area contributed by atoms with Crippen LogP contribution in [0.15, 0.2) is 59.6 Å². The highest BCUT2D eigenvalue weighted by atomic mass is 32.1. The first-order valence-electron chi connectivity index (χ1n) is 8.55. The molecule has 4 heterocycles. The standard InChI is InChI=1S/C19H15N5OS2/c25-19(13-3-1-4-14(11-13)24-12-20-21-22-24)23-8-6-16-15(7-10-27-16)18(23)17-5-2-9-26-17/h1-5,7,9-12,18H,6,8H2/t18-/m0/s1. The lowest BCUT2D eigenvalue weighted by Crippen LogP contribution is -2.39. The number of carbonyl (C=O) groups excluding carboxylic acids is 1. The molecule has 0 saturated carbocycles. The molecule has 27 heavy (non-hydrogen) atoms. The van der Waals surface area contributed by atoms with Gasteiger partial charge in [0.15, 0.2) is 0 Å². The summed E-state index contributed by atoms with van der Waals surface area (Å²) in [5.41, 5.74) is 2.66. The molecule has 0 N–H and O–H groups in total. The predicted octanol–water partition coefficient (Wildman–Crippen LogP) is 3.57. The maximum atomic E-state index is 13.4. The largest absolute Gasteiger partial charge is 0.326 e. The van der Waals surface area contributed by atoms with E-state index in [0.717, 1.165) is 12.1 Å². The van der Waals surface area contributed by atoms with Crippen molar-refractivity contribution in [2.45, 2.75) is 12.5 Å². The third-order valence-corrected chi connectivity index (χ3v) is 6.67. The SMILES string of the molecule is O=C(c1cccc(-n2cnnn2)c1)N1CCc2sccc2[C@H]1c1cccs1. The quantitative estimate of drug-likeness (QED) is 0.534. The predicted molar refractivity (Wildman–Crippen MR) is 104 cm³/mol. The van der Waals surface area contributed by atoms with Crippen LogP contribution in [-0.2, 0) is 6.42 Å². The highest BCUT2D eigenvalue weighted by Gasteiger charge is 2.33. The minimum Gasteiger partial charge on any atom is -0.326 e. The van der Waals surface area contributed by atoms with Crippen molar-refractivity contribution < 1.29 is 4.79 Å². The van der Waals surface area contributed by atoms with Gasteiger partial charge in [-0.05, 0) is 63.5 Å². The first kappa shape index (κ1) is 16.3. The summed E-state index contributed by atoms with van der Waals surface area (Å²) in [7, 11) is 0. The number of fused-ring (bicyclic) bond motifs is 1. The van der Waals surface area contributed by atoms with Gasteiger partial charge in [-0.25, -0.2) is 4.68 Å². The molecule has 0 aliphatic carbocycles. The van der Waals surface area contributed by atoms with Crippen molar-refractivity contribution in [2.75, 3.05) is 6.54 Å². The number of benzene rings is 1. The normalized spacial score (nSPS) is 16.3. The van der Waals surface area contributed by atoms with Crippen molar-refractivity contribution >= 4 is 28.6 Å².